The number of thiazole rings is 1. The van der Waals surface area contributed by atoms with Crippen molar-refractivity contribution < 1.29 is 19.7 Å². The molecule has 0 radical (unpaired) electrons. The molecule has 0 aliphatic carbocycles. The second kappa shape index (κ2) is 6.15. The maximum absolute atomic E-state index is 11.1. The van der Waals surface area contributed by atoms with Gasteiger partial charge in [-0.05, 0) is 6.42 Å². The van der Waals surface area contributed by atoms with Crippen LogP contribution in [-0.2, 0) is 4.74 Å². The van der Waals surface area contributed by atoms with Crippen LogP contribution in [0.1, 0.15) is 28.0 Å². The van der Waals surface area contributed by atoms with Gasteiger partial charge in [-0.2, -0.15) is 0 Å². The number of esters is 1. The van der Waals surface area contributed by atoms with Gasteiger partial charge in [0.25, 0.3) is 0 Å². The average molecular weight is 266 g/mol. The van der Waals surface area contributed by atoms with Gasteiger partial charge in [-0.25, -0.2) is 9.78 Å². The van der Waals surface area contributed by atoms with E-state index in [1.807, 2.05) is 0 Å². The highest BCUT2D eigenvalue weighted by atomic mass is 35.5. The fourth-order valence-electron chi connectivity index (χ4n) is 1.06. The lowest BCUT2D eigenvalue weighted by atomic mass is 10.1. The summed E-state index contributed by atoms with van der Waals surface area (Å²) in [5.74, 6) is -0.325. The van der Waals surface area contributed by atoms with Gasteiger partial charge < -0.3 is 14.9 Å². The van der Waals surface area contributed by atoms with E-state index in [-0.39, 0.29) is 23.0 Å². The lowest BCUT2D eigenvalue weighted by Gasteiger charge is -2.13. The van der Waals surface area contributed by atoms with E-state index in [2.05, 4.69) is 9.72 Å². The number of rotatable bonds is 5. The number of aliphatic hydroxyl groups is 2. The monoisotopic (exact) mass is 265 g/mol. The highest BCUT2D eigenvalue weighted by molar-refractivity contribution is 7.09. The summed E-state index contributed by atoms with van der Waals surface area (Å²) in [4.78, 5) is 15.0. The van der Waals surface area contributed by atoms with Crippen molar-refractivity contribution in [2.45, 2.75) is 18.6 Å². The zero-order chi connectivity index (χ0) is 12.1. The second-order valence-electron chi connectivity index (χ2n) is 3.05. The van der Waals surface area contributed by atoms with Crippen LogP contribution in [-0.4, -0.2) is 40.3 Å². The molecule has 5 nitrogen and oxygen atoms in total. The van der Waals surface area contributed by atoms with Gasteiger partial charge in [0.2, 0.25) is 0 Å². The molecule has 0 aliphatic rings. The minimum atomic E-state index is -1.12. The summed E-state index contributed by atoms with van der Waals surface area (Å²) < 4.78 is 4.48. The Labute approximate surface area is 102 Å². The Balaban J connectivity index is 2.73. The maximum Gasteiger partial charge on any atom is 0.357 e. The molecule has 1 aromatic heterocycles. The molecule has 0 saturated heterocycles. The van der Waals surface area contributed by atoms with Crippen LogP contribution in [0.25, 0.3) is 0 Å². The van der Waals surface area contributed by atoms with Gasteiger partial charge in [-0.3, -0.25) is 0 Å². The molecule has 0 fully saturated rings. The Hall–Kier alpha value is -0.690. The third-order valence-electron chi connectivity index (χ3n) is 1.94. The van der Waals surface area contributed by atoms with Crippen molar-refractivity contribution in [3.8, 4) is 0 Å². The second-order valence-corrected chi connectivity index (χ2v) is 4.32. The van der Waals surface area contributed by atoms with E-state index in [0.717, 1.165) is 11.3 Å². The minimum absolute atomic E-state index is 0.125. The molecular formula is C9H12ClNO4S. The molecule has 1 rings (SSSR count). The van der Waals surface area contributed by atoms with Crippen LogP contribution in [0.2, 0.25) is 0 Å². The number of nitrogens with zero attached hydrogens (tertiary/aromatic N) is 1. The first kappa shape index (κ1) is 13.4. The quantitative estimate of drug-likeness (QED) is 0.612. The van der Waals surface area contributed by atoms with Crippen molar-refractivity contribution in [1.29, 1.82) is 0 Å². The first-order chi connectivity index (χ1) is 7.60. The number of carbonyl (C=O) groups is 1. The summed E-state index contributed by atoms with van der Waals surface area (Å²) in [6.45, 7) is 0. The van der Waals surface area contributed by atoms with E-state index in [4.69, 9.17) is 11.6 Å². The molecule has 0 amide bonds. The van der Waals surface area contributed by atoms with Gasteiger partial charge in [-0.15, -0.1) is 22.9 Å². The van der Waals surface area contributed by atoms with E-state index in [1.54, 1.807) is 0 Å². The molecule has 2 atom stereocenters. The molecule has 90 valence electrons. The van der Waals surface area contributed by atoms with Crippen LogP contribution >= 0.6 is 22.9 Å². The minimum Gasteiger partial charge on any atom is -0.464 e. The van der Waals surface area contributed by atoms with E-state index in [9.17, 15) is 15.0 Å². The molecule has 0 saturated carbocycles. The number of ether oxygens (including phenoxy) is 1. The van der Waals surface area contributed by atoms with E-state index in [0.29, 0.717) is 0 Å². The van der Waals surface area contributed by atoms with Gasteiger partial charge in [0.1, 0.15) is 11.1 Å². The van der Waals surface area contributed by atoms with E-state index < -0.39 is 18.2 Å². The zero-order valence-electron chi connectivity index (χ0n) is 8.59. The molecule has 0 aliphatic heterocycles. The van der Waals surface area contributed by atoms with Crippen LogP contribution in [0.3, 0.4) is 0 Å². The fraction of sp³-hybridized carbons (Fsp3) is 0.556. The molecule has 2 N–H and O–H groups in total. The number of hydrogen-bond acceptors (Lipinski definition) is 6. The Kier molecular flexibility index (Phi) is 5.14. The lowest BCUT2D eigenvalue weighted by Crippen LogP contribution is -2.18. The van der Waals surface area contributed by atoms with E-state index in [1.165, 1.54) is 12.5 Å². The molecule has 0 bridgehead atoms. The van der Waals surface area contributed by atoms with Gasteiger partial charge in [0, 0.05) is 11.3 Å². The van der Waals surface area contributed by atoms with Crippen molar-refractivity contribution in [2.75, 3.05) is 13.0 Å². The van der Waals surface area contributed by atoms with Crippen LogP contribution in [0.5, 0.6) is 0 Å². The molecule has 7 heteroatoms. The first-order valence-corrected chi connectivity index (χ1v) is 5.97. The van der Waals surface area contributed by atoms with Crippen LogP contribution in [0.4, 0.5) is 0 Å². The Morgan fingerprint density at radius 3 is 2.94 bits per heavy atom. The van der Waals surface area contributed by atoms with Gasteiger partial charge in [0.05, 0.1) is 13.2 Å². The Morgan fingerprint density at radius 1 is 1.69 bits per heavy atom. The average Bonchev–Trinajstić information content (AvgIpc) is 2.76. The number of methoxy groups -OCH3 is 1. The summed E-state index contributed by atoms with van der Waals surface area (Å²) in [6, 6.07) is 0. The van der Waals surface area contributed by atoms with Crippen LogP contribution in [0.15, 0.2) is 5.38 Å². The van der Waals surface area contributed by atoms with Crippen LogP contribution < -0.4 is 0 Å². The first-order valence-electron chi connectivity index (χ1n) is 4.56. The normalized spacial score (nSPS) is 14.5. The number of halogens is 1. The molecule has 0 aromatic carbocycles. The van der Waals surface area contributed by atoms with Crippen LogP contribution in [0, 0.1) is 0 Å². The van der Waals surface area contributed by atoms with Crippen molar-refractivity contribution in [3.05, 3.63) is 16.1 Å². The number of aromatic nitrogens is 1. The third-order valence-corrected chi connectivity index (χ3v) is 3.07. The predicted octanol–water partition coefficient (Wildman–Crippen LogP) is 0.953. The Morgan fingerprint density at radius 2 is 2.38 bits per heavy atom. The SMILES string of the molecule is COC(=O)c1csc(C(O)C(O)CCCl)n1. The standard InChI is InChI=1S/C9H12ClNO4S/c1-15-9(14)5-4-16-8(11-5)7(13)6(12)2-3-10/h4,6-7,12-13H,2-3H2,1H3. The molecule has 1 aromatic rings. The van der Waals surface area contributed by atoms with Gasteiger partial charge >= 0.3 is 5.97 Å². The maximum atomic E-state index is 11.1. The largest absolute Gasteiger partial charge is 0.464 e. The highest BCUT2D eigenvalue weighted by Crippen LogP contribution is 2.23. The predicted molar refractivity (Wildman–Crippen MR) is 59.8 cm³/mol. The van der Waals surface area contributed by atoms with Gasteiger partial charge in [0.15, 0.2) is 5.69 Å². The van der Waals surface area contributed by atoms with Crippen molar-refractivity contribution in [1.82, 2.24) is 4.98 Å². The van der Waals surface area contributed by atoms with Crippen molar-refractivity contribution >= 4 is 28.9 Å². The molecular weight excluding hydrogens is 254 g/mol. The molecule has 2 unspecified atom stereocenters. The van der Waals surface area contributed by atoms with Crippen molar-refractivity contribution in [2.24, 2.45) is 0 Å². The zero-order valence-corrected chi connectivity index (χ0v) is 10.2. The highest BCUT2D eigenvalue weighted by Gasteiger charge is 2.22. The summed E-state index contributed by atoms with van der Waals surface area (Å²) in [5.41, 5.74) is 0.125. The number of alkyl halides is 1. The number of aliphatic hydroxyl groups excluding tert-OH is 2. The fourth-order valence-corrected chi connectivity index (χ4v) is 2.11. The summed E-state index contributed by atoms with van der Waals surface area (Å²) in [5, 5.41) is 20.9. The summed E-state index contributed by atoms with van der Waals surface area (Å²) in [6.07, 6.45) is -1.84. The summed E-state index contributed by atoms with van der Waals surface area (Å²) in [7, 11) is 1.25. The molecule has 1 heterocycles. The Bertz CT molecular complexity index is 357. The number of hydrogen-bond donors (Lipinski definition) is 2. The lowest BCUT2D eigenvalue weighted by molar-refractivity contribution is 0.0167. The van der Waals surface area contributed by atoms with Crippen molar-refractivity contribution in [3.63, 3.8) is 0 Å². The molecule has 0 spiro atoms. The molecule has 16 heavy (non-hydrogen) atoms. The van der Waals surface area contributed by atoms with Gasteiger partial charge in [-0.1, -0.05) is 0 Å². The third kappa shape index (κ3) is 3.15. The summed E-state index contributed by atoms with van der Waals surface area (Å²) >= 11 is 6.53. The topological polar surface area (TPSA) is 79.7 Å². The smallest absolute Gasteiger partial charge is 0.357 e. The number of carbonyl (C=O) groups excluding carboxylic acids is 1. The van der Waals surface area contributed by atoms with E-state index >= 15 is 0 Å².